The van der Waals surface area contributed by atoms with Gasteiger partial charge in [0.2, 0.25) is 0 Å². The second-order valence-electron chi connectivity index (χ2n) is 10.7. The number of rotatable bonds is 6. The van der Waals surface area contributed by atoms with Gasteiger partial charge in [0.1, 0.15) is 6.10 Å². The van der Waals surface area contributed by atoms with Crippen molar-refractivity contribution in [3.05, 3.63) is 131 Å². The van der Waals surface area contributed by atoms with E-state index < -0.39 is 6.10 Å². The molecule has 6 rings (SSSR count). The average molecular weight is 540 g/mol. The minimum Gasteiger partial charge on any atom is -0.380 e. The van der Waals surface area contributed by atoms with Crippen LogP contribution in [0, 0.1) is 11.8 Å². The third-order valence-electron chi connectivity index (χ3n) is 7.83. The molecule has 2 heterocycles. The molecule has 0 aliphatic carbocycles. The molecule has 4 aromatic carbocycles. The summed E-state index contributed by atoms with van der Waals surface area (Å²) in [4.78, 5) is 21.8. The van der Waals surface area contributed by atoms with E-state index in [2.05, 4.69) is 64.0 Å². The van der Waals surface area contributed by atoms with Crippen LogP contribution in [0.3, 0.4) is 0 Å². The molecule has 0 bridgehead atoms. The van der Waals surface area contributed by atoms with E-state index >= 15 is 0 Å². The van der Waals surface area contributed by atoms with Crippen LogP contribution in [-0.2, 0) is 6.54 Å². The van der Waals surface area contributed by atoms with Crippen LogP contribution in [0.5, 0.6) is 0 Å². The number of Topliss-reactive ketones (excluding diaryl/α,β-unsaturated/α-hetero) is 1. The summed E-state index contributed by atoms with van der Waals surface area (Å²) in [6.07, 6.45) is 0.640. The summed E-state index contributed by atoms with van der Waals surface area (Å²) in [7, 11) is 2.17. The Morgan fingerprint density at radius 3 is 2.44 bits per heavy atom. The van der Waals surface area contributed by atoms with E-state index in [1.165, 1.54) is 5.56 Å². The third kappa shape index (κ3) is 6.01. The van der Waals surface area contributed by atoms with E-state index in [-0.39, 0.29) is 5.78 Å². The molecular formula is C36H33N3O2. The highest BCUT2D eigenvalue weighted by atomic mass is 16.3. The Labute approximate surface area is 241 Å². The number of ketones is 1. The number of hydrogen-bond donors (Lipinski definition) is 2. The van der Waals surface area contributed by atoms with Gasteiger partial charge in [-0.25, -0.2) is 0 Å². The first kappa shape index (κ1) is 26.7. The summed E-state index contributed by atoms with van der Waals surface area (Å²) >= 11 is 0. The molecular weight excluding hydrogens is 506 g/mol. The van der Waals surface area contributed by atoms with Crippen molar-refractivity contribution in [2.24, 2.45) is 0 Å². The second kappa shape index (κ2) is 12.0. The van der Waals surface area contributed by atoms with Gasteiger partial charge in [-0.15, -0.1) is 0 Å². The van der Waals surface area contributed by atoms with Crippen molar-refractivity contribution < 1.29 is 9.90 Å². The molecule has 0 radical (unpaired) electrons. The zero-order valence-corrected chi connectivity index (χ0v) is 23.2. The van der Waals surface area contributed by atoms with E-state index in [1.54, 1.807) is 18.2 Å². The lowest BCUT2D eigenvalue weighted by Gasteiger charge is -2.32. The second-order valence-corrected chi connectivity index (χ2v) is 10.7. The normalized spacial score (nSPS) is 14.9. The minimum atomic E-state index is -1.26. The molecule has 5 heteroatoms. The number of piperazine rings is 1. The lowest BCUT2D eigenvalue weighted by atomic mass is 9.89. The molecule has 0 amide bonds. The van der Waals surface area contributed by atoms with Gasteiger partial charge in [0.05, 0.1) is 0 Å². The van der Waals surface area contributed by atoms with E-state index in [4.69, 9.17) is 0 Å². The first-order chi connectivity index (χ1) is 20.0. The van der Waals surface area contributed by atoms with Crippen LogP contribution in [0.1, 0.15) is 38.7 Å². The molecule has 1 atom stereocenters. The fourth-order valence-corrected chi connectivity index (χ4v) is 5.41. The number of nitrogens with one attached hydrogen (secondary N) is 1. The number of benzene rings is 4. The summed E-state index contributed by atoms with van der Waals surface area (Å²) in [5.74, 6) is 6.31. The van der Waals surface area contributed by atoms with E-state index in [9.17, 15) is 9.90 Å². The fraction of sp³-hybridized carbons (Fsp3) is 0.194. The molecule has 5 aromatic rings. The summed E-state index contributed by atoms with van der Waals surface area (Å²) < 4.78 is 0. The van der Waals surface area contributed by atoms with Crippen molar-refractivity contribution in [3.8, 4) is 23.0 Å². The smallest absolute Gasteiger partial charge is 0.196 e. The topological polar surface area (TPSA) is 59.6 Å². The van der Waals surface area contributed by atoms with E-state index in [1.807, 2.05) is 54.7 Å². The number of H-pyrrole nitrogens is 1. The van der Waals surface area contributed by atoms with Gasteiger partial charge in [0.25, 0.3) is 0 Å². The maximum atomic E-state index is 13.7. The highest BCUT2D eigenvalue weighted by Crippen LogP contribution is 2.33. The van der Waals surface area contributed by atoms with Gasteiger partial charge in [-0.3, -0.25) is 9.69 Å². The summed E-state index contributed by atoms with van der Waals surface area (Å²) in [5, 5.41) is 12.1. The Bertz CT molecular complexity index is 1720. The lowest BCUT2D eigenvalue weighted by molar-refractivity contribution is 0.0748. The molecule has 1 aliphatic rings. The summed E-state index contributed by atoms with van der Waals surface area (Å²) in [6.45, 7) is 5.33. The minimum absolute atomic E-state index is 0.350. The molecule has 2 N–H and O–H groups in total. The summed E-state index contributed by atoms with van der Waals surface area (Å²) in [5.41, 5.74) is 6.59. The first-order valence-corrected chi connectivity index (χ1v) is 14.0. The number of carbonyl (C=O) groups is 1. The van der Waals surface area contributed by atoms with E-state index in [0.29, 0.717) is 11.1 Å². The van der Waals surface area contributed by atoms with Crippen LogP contribution in [0.15, 0.2) is 103 Å². The maximum absolute atomic E-state index is 13.7. The number of hydrogen-bond acceptors (Lipinski definition) is 4. The number of carbonyl (C=O) groups excluding carboxylic acids is 1. The van der Waals surface area contributed by atoms with Crippen molar-refractivity contribution in [2.45, 2.75) is 12.6 Å². The van der Waals surface area contributed by atoms with Crippen LogP contribution in [-0.4, -0.2) is 58.9 Å². The predicted molar refractivity (Wildman–Crippen MR) is 165 cm³/mol. The van der Waals surface area contributed by atoms with Gasteiger partial charge in [-0.2, -0.15) is 0 Å². The van der Waals surface area contributed by atoms with Crippen LogP contribution in [0.2, 0.25) is 0 Å². The Balaban J connectivity index is 1.33. The number of nitrogens with zero attached hydrogens (tertiary/aromatic N) is 2. The van der Waals surface area contributed by atoms with Crippen molar-refractivity contribution in [3.63, 3.8) is 0 Å². The van der Waals surface area contributed by atoms with Gasteiger partial charge < -0.3 is 15.0 Å². The molecule has 1 fully saturated rings. The zero-order valence-electron chi connectivity index (χ0n) is 23.2. The SMILES string of the molecule is CN1CCN(Cc2ccc(C#Cc3cccc(C(=O)C(O)c4ccccc4)c3-c3ccc4[nH]ccc4c3)cc2)CC1. The quantitative estimate of drug-likeness (QED) is 0.208. The van der Waals surface area contributed by atoms with Crippen LogP contribution in [0.4, 0.5) is 0 Å². The third-order valence-corrected chi connectivity index (χ3v) is 7.83. The molecule has 1 aromatic heterocycles. The van der Waals surface area contributed by atoms with Crippen molar-refractivity contribution >= 4 is 16.7 Å². The van der Waals surface area contributed by atoms with Crippen LogP contribution >= 0.6 is 0 Å². The monoisotopic (exact) mass is 539 g/mol. The number of fused-ring (bicyclic) bond motifs is 1. The molecule has 41 heavy (non-hydrogen) atoms. The van der Waals surface area contributed by atoms with Crippen LogP contribution in [0.25, 0.3) is 22.0 Å². The van der Waals surface area contributed by atoms with Crippen molar-refractivity contribution in [2.75, 3.05) is 33.2 Å². The van der Waals surface area contributed by atoms with Gasteiger partial charge in [0, 0.05) is 66.7 Å². The van der Waals surface area contributed by atoms with Gasteiger partial charge in [-0.1, -0.05) is 72.5 Å². The molecule has 5 nitrogen and oxygen atoms in total. The van der Waals surface area contributed by atoms with Gasteiger partial charge in [0.15, 0.2) is 5.78 Å². The highest BCUT2D eigenvalue weighted by Gasteiger charge is 2.24. The van der Waals surface area contributed by atoms with Gasteiger partial charge in [-0.05, 0) is 65.5 Å². The number of aliphatic hydroxyl groups is 1. The molecule has 0 saturated carbocycles. The number of aliphatic hydroxyl groups excluding tert-OH is 1. The molecule has 1 saturated heterocycles. The number of aromatic amines is 1. The number of likely N-dealkylation sites (N-methyl/N-ethyl adjacent to an activating group) is 1. The average Bonchev–Trinajstić information content (AvgIpc) is 3.49. The molecule has 204 valence electrons. The molecule has 1 aliphatic heterocycles. The Morgan fingerprint density at radius 1 is 0.878 bits per heavy atom. The summed E-state index contributed by atoms with van der Waals surface area (Å²) in [6, 6.07) is 31.1. The Kier molecular flexibility index (Phi) is 7.80. The maximum Gasteiger partial charge on any atom is 0.196 e. The Hall–Kier alpha value is -4.47. The Morgan fingerprint density at radius 2 is 1.66 bits per heavy atom. The highest BCUT2D eigenvalue weighted by molar-refractivity contribution is 6.07. The van der Waals surface area contributed by atoms with Crippen molar-refractivity contribution in [1.82, 2.24) is 14.8 Å². The van der Waals surface area contributed by atoms with E-state index in [0.717, 1.165) is 65.9 Å². The standard InChI is InChI=1S/C36H33N3O2/c1-38-20-22-39(23-21-38)25-27-12-10-26(11-13-27)14-15-28-8-5-9-32(36(41)35(40)29-6-3-2-4-7-29)34(28)31-16-17-33-30(24-31)18-19-37-33/h2-13,16-19,24,35,37,40H,20-23,25H2,1H3. The number of aromatic nitrogens is 1. The predicted octanol–water partition coefficient (Wildman–Crippen LogP) is 5.90. The van der Waals surface area contributed by atoms with Gasteiger partial charge >= 0.3 is 0 Å². The van der Waals surface area contributed by atoms with Crippen LogP contribution < -0.4 is 0 Å². The lowest BCUT2D eigenvalue weighted by Crippen LogP contribution is -2.43. The largest absolute Gasteiger partial charge is 0.380 e. The zero-order chi connectivity index (χ0) is 28.2. The first-order valence-electron chi connectivity index (χ1n) is 14.0. The fourth-order valence-electron chi connectivity index (χ4n) is 5.41. The molecule has 1 unspecified atom stereocenters. The molecule has 0 spiro atoms. The van der Waals surface area contributed by atoms with Crippen molar-refractivity contribution in [1.29, 1.82) is 0 Å².